The number of anilines is 2. The van der Waals surface area contributed by atoms with Gasteiger partial charge in [-0.05, 0) is 36.9 Å². The fraction of sp³-hybridized carbons (Fsp3) is 0.432. The van der Waals surface area contributed by atoms with E-state index >= 15 is 0 Å². The molecule has 3 aromatic heterocycles. The number of imidazole rings is 1. The second kappa shape index (κ2) is 14.9. The molecule has 0 radical (unpaired) electrons. The molecule has 1 aliphatic carbocycles. The van der Waals surface area contributed by atoms with Crippen LogP contribution in [-0.4, -0.2) is 108 Å². The van der Waals surface area contributed by atoms with Crippen LogP contribution in [0.15, 0.2) is 79.4 Å². The second-order valence-electron chi connectivity index (χ2n) is 14.0. The molecular formula is C37H45N11O4. The molecule has 2 saturated heterocycles. The average Bonchev–Trinajstić information content (AvgIpc) is 4.02. The number of fused-ring (bicyclic) bond motifs is 1. The van der Waals surface area contributed by atoms with Crippen molar-refractivity contribution in [3.63, 3.8) is 0 Å². The minimum absolute atomic E-state index is 0.0253. The molecule has 15 nitrogen and oxygen atoms in total. The first-order valence-electron chi connectivity index (χ1n) is 18.1. The summed E-state index contributed by atoms with van der Waals surface area (Å²) in [6, 6.07) is 19.5. The first-order valence-corrected chi connectivity index (χ1v) is 18.1. The normalized spacial score (nSPS) is 24.6. The highest BCUT2D eigenvalue weighted by Gasteiger charge is 2.44. The lowest BCUT2D eigenvalue weighted by molar-refractivity contribution is 0.00720. The quantitative estimate of drug-likeness (QED) is 0.106. The number of nitrogens with zero attached hydrogens (tertiary/aromatic N) is 7. The van der Waals surface area contributed by atoms with Crippen molar-refractivity contribution in [2.24, 2.45) is 0 Å². The zero-order valence-corrected chi connectivity index (χ0v) is 28.8. The number of hydrogen-bond donors (Lipinski definition) is 7. The molecule has 6 atom stereocenters. The summed E-state index contributed by atoms with van der Waals surface area (Å²) in [6.07, 6.45) is 4.71. The van der Waals surface area contributed by atoms with Gasteiger partial charge in [0.25, 0.3) is 0 Å². The summed E-state index contributed by atoms with van der Waals surface area (Å²) in [5.74, 6) is 1.07. The summed E-state index contributed by atoms with van der Waals surface area (Å²) in [6.45, 7) is 3.22. The van der Waals surface area contributed by atoms with Crippen molar-refractivity contribution in [1.29, 1.82) is 0 Å². The molecule has 5 heterocycles. The van der Waals surface area contributed by atoms with E-state index in [9.17, 15) is 20.1 Å². The van der Waals surface area contributed by atoms with Crippen LogP contribution in [-0.2, 0) is 6.61 Å². The van der Waals surface area contributed by atoms with Crippen LogP contribution in [0.2, 0.25) is 0 Å². The number of urea groups is 1. The van der Waals surface area contributed by atoms with Gasteiger partial charge in [-0.1, -0.05) is 60.7 Å². The molecule has 0 spiro atoms. The predicted octanol–water partition coefficient (Wildman–Crippen LogP) is 1.91. The topological polar surface area (TPSA) is 191 Å². The highest BCUT2D eigenvalue weighted by Crippen LogP contribution is 2.40. The van der Waals surface area contributed by atoms with Gasteiger partial charge < -0.3 is 46.1 Å². The van der Waals surface area contributed by atoms with Gasteiger partial charge in [-0.15, -0.1) is 0 Å². The van der Waals surface area contributed by atoms with Gasteiger partial charge in [-0.25, -0.2) is 9.78 Å². The van der Waals surface area contributed by atoms with Crippen LogP contribution in [0.1, 0.15) is 54.0 Å². The highest BCUT2D eigenvalue weighted by atomic mass is 16.3. The summed E-state index contributed by atoms with van der Waals surface area (Å²) in [5.41, 5.74) is 4.03. The van der Waals surface area contributed by atoms with Crippen molar-refractivity contribution in [1.82, 2.24) is 45.2 Å². The SMILES string of the molecule is O=C(N[C@@H]1CCNC1)N[C@@H]1CCN(c2nc(NCC(c3ccccc3)c3ccccc3)c3ncn([C@@H]4C[C@H](n5cc(CO)cn5)[C@@H](O)[C@H]4O)c3n2)C1. The molecule has 2 amide bonds. The molecule has 52 heavy (non-hydrogen) atoms. The van der Waals surface area contributed by atoms with Crippen molar-refractivity contribution in [2.75, 3.05) is 42.9 Å². The van der Waals surface area contributed by atoms with Gasteiger partial charge in [0.15, 0.2) is 17.0 Å². The number of nitrogens with one attached hydrogen (secondary N) is 4. The van der Waals surface area contributed by atoms with E-state index in [1.54, 1.807) is 23.4 Å². The molecule has 15 heteroatoms. The van der Waals surface area contributed by atoms with Crippen molar-refractivity contribution in [3.05, 3.63) is 96.1 Å². The average molecular weight is 708 g/mol. The van der Waals surface area contributed by atoms with Crippen molar-refractivity contribution < 1.29 is 20.1 Å². The number of aromatic nitrogens is 6. The number of aliphatic hydroxyl groups excluding tert-OH is 3. The van der Waals surface area contributed by atoms with E-state index in [1.165, 1.54) is 0 Å². The Bertz CT molecular complexity index is 1930. The minimum Gasteiger partial charge on any atom is -0.392 e. The molecule has 5 aromatic rings. The Balaban J connectivity index is 1.10. The number of hydrogen-bond acceptors (Lipinski definition) is 11. The molecule has 272 valence electrons. The molecule has 2 aliphatic heterocycles. The van der Waals surface area contributed by atoms with Gasteiger partial charge in [0.1, 0.15) is 12.2 Å². The maximum atomic E-state index is 12.8. The van der Waals surface area contributed by atoms with E-state index in [4.69, 9.17) is 15.0 Å². The van der Waals surface area contributed by atoms with Gasteiger partial charge in [-0.3, -0.25) is 4.68 Å². The Morgan fingerprint density at radius 3 is 2.37 bits per heavy atom. The Morgan fingerprint density at radius 1 is 0.942 bits per heavy atom. The van der Waals surface area contributed by atoms with Gasteiger partial charge >= 0.3 is 6.03 Å². The second-order valence-corrected chi connectivity index (χ2v) is 14.0. The number of aliphatic hydroxyl groups is 3. The van der Waals surface area contributed by atoms with Gasteiger partial charge in [0.2, 0.25) is 5.95 Å². The third-order valence-corrected chi connectivity index (χ3v) is 10.6. The third-order valence-electron chi connectivity index (χ3n) is 10.6. The van der Waals surface area contributed by atoms with Crippen molar-refractivity contribution in [3.8, 4) is 0 Å². The fourth-order valence-corrected chi connectivity index (χ4v) is 7.82. The lowest BCUT2D eigenvalue weighted by atomic mass is 9.91. The zero-order chi connectivity index (χ0) is 35.6. The van der Waals surface area contributed by atoms with Crippen LogP contribution in [0.3, 0.4) is 0 Å². The summed E-state index contributed by atoms with van der Waals surface area (Å²) in [5, 5.41) is 49.5. The number of benzene rings is 2. The Morgan fingerprint density at radius 2 is 1.67 bits per heavy atom. The van der Waals surface area contributed by atoms with Crippen LogP contribution in [0, 0.1) is 0 Å². The highest BCUT2D eigenvalue weighted by molar-refractivity contribution is 5.84. The first kappa shape index (κ1) is 34.0. The molecule has 7 N–H and O–H groups in total. The summed E-state index contributed by atoms with van der Waals surface area (Å²) >= 11 is 0. The lowest BCUT2D eigenvalue weighted by Gasteiger charge is -2.22. The molecule has 0 unspecified atom stereocenters. The summed E-state index contributed by atoms with van der Waals surface area (Å²) in [7, 11) is 0. The third kappa shape index (κ3) is 6.91. The number of amides is 2. The van der Waals surface area contributed by atoms with Crippen LogP contribution in [0.5, 0.6) is 0 Å². The Hall–Kier alpha value is -5.09. The first-order chi connectivity index (χ1) is 25.4. The molecule has 2 aromatic carbocycles. The van der Waals surface area contributed by atoms with Crippen LogP contribution in [0.25, 0.3) is 11.2 Å². The molecule has 3 fully saturated rings. The van der Waals surface area contributed by atoms with Gasteiger partial charge in [-0.2, -0.15) is 15.1 Å². The van der Waals surface area contributed by atoms with Crippen molar-refractivity contribution >= 4 is 29.0 Å². The maximum Gasteiger partial charge on any atom is 0.315 e. The Kier molecular flexibility index (Phi) is 9.73. The van der Waals surface area contributed by atoms with E-state index in [2.05, 4.69) is 55.5 Å². The largest absolute Gasteiger partial charge is 0.392 e. The van der Waals surface area contributed by atoms with Gasteiger partial charge in [0.05, 0.1) is 31.2 Å². The van der Waals surface area contributed by atoms with E-state index < -0.39 is 24.3 Å². The maximum absolute atomic E-state index is 12.8. The number of carbonyl (C=O) groups excluding carboxylic acids is 1. The molecule has 0 bridgehead atoms. The Labute approximate surface area is 301 Å². The van der Waals surface area contributed by atoms with Crippen molar-refractivity contribution in [2.45, 2.75) is 68.2 Å². The van der Waals surface area contributed by atoms with E-state index in [0.717, 1.165) is 37.1 Å². The summed E-state index contributed by atoms with van der Waals surface area (Å²) < 4.78 is 3.44. The molecular weight excluding hydrogens is 662 g/mol. The van der Waals surface area contributed by atoms with Crippen LogP contribution < -0.4 is 26.2 Å². The van der Waals surface area contributed by atoms with Crippen LogP contribution >= 0.6 is 0 Å². The lowest BCUT2D eigenvalue weighted by Crippen LogP contribution is -2.47. The molecule has 1 saturated carbocycles. The van der Waals surface area contributed by atoms with E-state index in [-0.39, 0.29) is 30.6 Å². The zero-order valence-electron chi connectivity index (χ0n) is 28.8. The smallest absolute Gasteiger partial charge is 0.315 e. The van der Waals surface area contributed by atoms with Crippen LogP contribution in [0.4, 0.5) is 16.6 Å². The summed E-state index contributed by atoms with van der Waals surface area (Å²) in [4.78, 5) is 29.7. The standard InChI is InChI=1S/C37H45N11O4/c49-21-23-16-41-48(19-23)30-15-29(32(50)33(30)51)47-22-40-31-34(39-18-28(24-7-3-1-4-8-24)25-9-5-2-6-10-25)44-36(45-35(31)47)46-14-12-27(20-46)43-37(52)42-26-11-13-38-17-26/h1-10,16,19,22,26-30,32-33,38,49-51H,11-15,17-18,20-21H2,(H,39,44,45)(H2,42,43,52)/t26-,27-,29-,30+,32+,33-/m1/s1. The monoisotopic (exact) mass is 707 g/mol. The number of rotatable bonds is 11. The van der Waals surface area contributed by atoms with E-state index in [1.807, 2.05) is 41.0 Å². The number of carbonyl (C=O) groups is 1. The van der Waals surface area contributed by atoms with E-state index in [0.29, 0.717) is 54.5 Å². The predicted molar refractivity (Wildman–Crippen MR) is 195 cm³/mol. The van der Waals surface area contributed by atoms with Gasteiger partial charge in [0, 0.05) is 55.9 Å². The fourth-order valence-electron chi connectivity index (χ4n) is 7.82. The molecule has 3 aliphatic rings. The molecule has 8 rings (SSSR count). The minimum atomic E-state index is -1.12.